The Balaban J connectivity index is 2.11. The second-order valence-electron chi connectivity index (χ2n) is 4.42. The highest BCUT2D eigenvalue weighted by atomic mass is 14.6. The van der Waals surface area contributed by atoms with Crippen molar-refractivity contribution >= 4 is 22.7 Å². The van der Waals surface area contributed by atoms with Gasteiger partial charge in [0.05, 0.1) is 0 Å². The van der Waals surface area contributed by atoms with Crippen LogP contribution in [-0.4, -0.2) is 0 Å². The monoisotopic (exact) mass is 242 g/mol. The van der Waals surface area contributed by atoms with Gasteiger partial charge in [-0.2, -0.15) is 0 Å². The first-order valence-corrected chi connectivity index (χ1v) is 5.84. The second-order valence-corrected chi connectivity index (χ2v) is 4.42. The fourth-order valence-electron chi connectivity index (χ4n) is 1.95. The summed E-state index contributed by atoms with van der Waals surface area (Å²) in [5.74, 6) is 0. The van der Waals surface area contributed by atoms with Crippen molar-refractivity contribution in [1.29, 1.82) is 0 Å². The number of aryl methyl sites for hydroxylation is 2. The van der Waals surface area contributed by atoms with Crippen molar-refractivity contribution in [2.75, 3.05) is 22.9 Å². The van der Waals surface area contributed by atoms with Crippen molar-refractivity contribution in [3.05, 3.63) is 47.5 Å². The van der Waals surface area contributed by atoms with Gasteiger partial charge < -0.3 is 22.9 Å². The highest BCUT2D eigenvalue weighted by molar-refractivity contribution is 5.59. The van der Waals surface area contributed by atoms with Crippen molar-refractivity contribution in [2.45, 2.75) is 12.8 Å². The SMILES string of the molecule is Nc1ccc(CCc2ccc(N)cc2N)c(N)c1. The third-order valence-corrected chi connectivity index (χ3v) is 3.00. The van der Waals surface area contributed by atoms with E-state index in [1.807, 2.05) is 24.3 Å². The van der Waals surface area contributed by atoms with Crippen LogP contribution in [0.1, 0.15) is 11.1 Å². The minimum Gasteiger partial charge on any atom is -0.399 e. The first kappa shape index (κ1) is 12.1. The number of nitrogens with two attached hydrogens (primary N) is 4. The van der Waals surface area contributed by atoms with E-state index in [9.17, 15) is 0 Å². The van der Waals surface area contributed by atoms with Gasteiger partial charge in [-0.15, -0.1) is 0 Å². The first-order valence-electron chi connectivity index (χ1n) is 5.84. The topological polar surface area (TPSA) is 104 Å². The third kappa shape index (κ3) is 2.66. The molecule has 0 saturated carbocycles. The van der Waals surface area contributed by atoms with Gasteiger partial charge in [0.1, 0.15) is 0 Å². The van der Waals surface area contributed by atoms with Crippen LogP contribution in [0.2, 0.25) is 0 Å². The van der Waals surface area contributed by atoms with Gasteiger partial charge >= 0.3 is 0 Å². The molecule has 0 saturated heterocycles. The van der Waals surface area contributed by atoms with E-state index in [0.717, 1.165) is 35.3 Å². The van der Waals surface area contributed by atoms with Gasteiger partial charge in [-0.1, -0.05) is 12.1 Å². The highest BCUT2D eigenvalue weighted by Crippen LogP contribution is 2.21. The minimum atomic E-state index is 0.684. The van der Waals surface area contributed by atoms with Gasteiger partial charge in [-0.3, -0.25) is 0 Å². The summed E-state index contributed by atoms with van der Waals surface area (Å²) in [6.07, 6.45) is 1.67. The largest absolute Gasteiger partial charge is 0.399 e. The average Bonchev–Trinajstić information content (AvgIpc) is 2.30. The number of anilines is 4. The summed E-state index contributed by atoms with van der Waals surface area (Å²) in [6, 6.07) is 11.2. The van der Waals surface area contributed by atoms with Gasteiger partial charge in [-0.25, -0.2) is 0 Å². The van der Waals surface area contributed by atoms with E-state index in [0.29, 0.717) is 11.4 Å². The lowest BCUT2D eigenvalue weighted by atomic mass is 10.0. The Kier molecular flexibility index (Phi) is 3.28. The molecule has 8 N–H and O–H groups in total. The fraction of sp³-hybridized carbons (Fsp3) is 0.143. The number of rotatable bonds is 3. The molecule has 4 heteroatoms. The number of benzene rings is 2. The second kappa shape index (κ2) is 4.87. The van der Waals surface area contributed by atoms with Crippen molar-refractivity contribution in [3.63, 3.8) is 0 Å². The van der Waals surface area contributed by atoms with Crippen molar-refractivity contribution in [1.82, 2.24) is 0 Å². The average molecular weight is 242 g/mol. The molecule has 0 radical (unpaired) electrons. The molecule has 0 spiro atoms. The predicted molar refractivity (Wildman–Crippen MR) is 77.9 cm³/mol. The molecule has 0 heterocycles. The standard InChI is InChI=1S/C14H18N4/c15-11-5-3-9(13(17)7-11)1-2-10-4-6-12(16)8-14(10)18/h3-8H,1-2,15-18H2. The summed E-state index contributed by atoms with van der Waals surface area (Å²) in [5, 5.41) is 0. The minimum absolute atomic E-state index is 0.684. The molecule has 0 aromatic heterocycles. The maximum absolute atomic E-state index is 5.92. The van der Waals surface area contributed by atoms with Crippen LogP contribution in [0.4, 0.5) is 22.7 Å². The van der Waals surface area contributed by atoms with Crippen LogP contribution in [0.25, 0.3) is 0 Å². The van der Waals surface area contributed by atoms with Crippen molar-refractivity contribution < 1.29 is 0 Å². The van der Waals surface area contributed by atoms with Gasteiger partial charge in [0.25, 0.3) is 0 Å². The Morgan fingerprint density at radius 3 is 1.33 bits per heavy atom. The summed E-state index contributed by atoms with van der Waals surface area (Å²) in [4.78, 5) is 0. The van der Waals surface area contributed by atoms with Crippen molar-refractivity contribution in [2.24, 2.45) is 0 Å². The lowest BCUT2D eigenvalue weighted by molar-refractivity contribution is 0.966. The van der Waals surface area contributed by atoms with Crippen LogP contribution in [-0.2, 0) is 12.8 Å². The number of nitrogen functional groups attached to an aromatic ring is 4. The molecule has 2 aromatic rings. The molecule has 0 bridgehead atoms. The first-order chi connectivity index (χ1) is 8.56. The van der Waals surface area contributed by atoms with E-state index >= 15 is 0 Å². The molecule has 4 nitrogen and oxygen atoms in total. The number of hydrogen-bond donors (Lipinski definition) is 4. The molecule has 0 aliphatic heterocycles. The fourth-order valence-corrected chi connectivity index (χ4v) is 1.95. The van der Waals surface area contributed by atoms with E-state index in [1.54, 1.807) is 12.1 Å². The lowest BCUT2D eigenvalue weighted by Crippen LogP contribution is -2.01. The summed E-state index contributed by atoms with van der Waals surface area (Å²) in [7, 11) is 0. The Labute approximate surface area is 107 Å². The molecule has 0 aliphatic carbocycles. The van der Waals surface area contributed by atoms with E-state index in [2.05, 4.69) is 0 Å². The van der Waals surface area contributed by atoms with E-state index in [-0.39, 0.29) is 0 Å². The molecule has 94 valence electrons. The van der Waals surface area contributed by atoms with Gasteiger partial charge in [0, 0.05) is 22.7 Å². The Hall–Kier alpha value is -2.36. The normalized spacial score (nSPS) is 10.4. The Morgan fingerprint density at radius 2 is 1.00 bits per heavy atom. The number of hydrogen-bond acceptors (Lipinski definition) is 4. The van der Waals surface area contributed by atoms with Crippen LogP contribution in [0.15, 0.2) is 36.4 Å². The zero-order chi connectivity index (χ0) is 13.1. The molecule has 2 aromatic carbocycles. The van der Waals surface area contributed by atoms with Gasteiger partial charge in [0.2, 0.25) is 0 Å². The molecule has 0 aliphatic rings. The zero-order valence-corrected chi connectivity index (χ0v) is 10.2. The molecular formula is C14H18N4. The predicted octanol–water partition coefficient (Wildman–Crippen LogP) is 1.80. The lowest BCUT2D eigenvalue weighted by Gasteiger charge is -2.09. The van der Waals surface area contributed by atoms with Gasteiger partial charge in [0.15, 0.2) is 0 Å². The summed E-state index contributed by atoms with van der Waals surface area (Å²) >= 11 is 0. The summed E-state index contributed by atoms with van der Waals surface area (Å²) in [6.45, 7) is 0. The smallest absolute Gasteiger partial charge is 0.0367 e. The van der Waals surface area contributed by atoms with Crippen LogP contribution < -0.4 is 22.9 Å². The Bertz CT molecular complexity index is 512. The quantitative estimate of drug-likeness (QED) is 0.616. The molecule has 2 rings (SSSR count). The zero-order valence-electron chi connectivity index (χ0n) is 10.2. The highest BCUT2D eigenvalue weighted by Gasteiger charge is 2.03. The van der Waals surface area contributed by atoms with E-state index in [4.69, 9.17) is 22.9 Å². The molecule has 0 fully saturated rings. The van der Waals surface area contributed by atoms with Crippen LogP contribution >= 0.6 is 0 Å². The van der Waals surface area contributed by atoms with E-state index < -0.39 is 0 Å². The van der Waals surface area contributed by atoms with Crippen LogP contribution in [0, 0.1) is 0 Å². The van der Waals surface area contributed by atoms with Crippen LogP contribution in [0.3, 0.4) is 0 Å². The van der Waals surface area contributed by atoms with Crippen LogP contribution in [0.5, 0.6) is 0 Å². The molecule has 0 atom stereocenters. The molecular weight excluding hydrogens is 224 g/mol. The molecule has 0 unspecified atom stereocenters. The summed E-state index contributed by atoms with van der Waals surface area (Å²) < 4.78 is 0. The summed E-state index contributed by atoms with van der Waals surface area (Å²) in [5.41, 5.74) is 28.1. The third-order valence-electron chi connectivity index (χ3n) is 3.00. The van der Waals surface area contributed by atoms with Crippen molar-refractivity contribution in [3.8, 4) is 0 Å². The molecule has 18 heavy (non-hydrogen) atoms. The Morgan fingerprint density at radius 1 is 0.611 bits per heavy atom. The van der Waals surface area contributed by atoms with E-state index in [1.165, 1.54) is 0 Å². The maximum Gasteiger partial charge on any atom is 0.0367 e. The molecule has 0 amide bonds. The van der Waals surface area contributed by atoms with Gasteiger partial charge in [-0.05, 0) is 48.2 Å². The maximum atomic E-state index is 5.92.